The maximum Gasteiger partial charge on any atom is 0.144 e. The molecule has 0 saturated carbocycles. The van der Waals surface area contributed by atoms with E-state index in [2.05, 4.69) is 5.32 Å². The molecule has 1 aromatic carbocycles. The Morgan fingerprint density at radius 1 is 1.33 bits per heavy atom. The fourth-order valence-corrected chi connectivity index (χ4v) is 1.43. The van der Waals surface area contributed by atoms with Gasteiger partial charge in [-0.05, 0) is 26.0 Å². The first-order valence-electron chi connectivity index (χ1n) is 6.12. The van der Waals surface area contributed by atoms with E-state index < -0.39 is 0 Å². The predicted octanol–water partition coefficient (Wildman–Crippen LogP) is 1.48. The first-order valence-corrected chi connectivity index (χ1v) is 6.12. The number of anilines is 2. The molecule has 0 spiro atoms. The van der Waals surface area contributed by atoms with Gasteiger partial charge >= 0.3 is 0 Å². The van der Waals surface area contributed by atoms with Crippen LogP contribution < -0.4 is 15.8 Å². The van der Waals surface area contributed by atoms with Gasteiger partial charge in [0.05, 0.1) is 31.6 Å². The fourth-order valence-electron chi connectivity index (χ4n) is 1.43. The van der Waals surface area contributed by atoms with E-state index in [4.69, 9.17) is 20.3 Å². The lowest BCUT2D eigenvalue weighted by Crippen LogP contribution is -2.12. The van der Waals surface area contributed by atoms with Crippen LogP contribution in [0.4, 0.5) is 11.4 Å². The highest BCUT2D eigenvalue weighted by molar-refractivity contribution is 5.61. The lowest BCUT2D eigenvalue weighted by Gasteiger charge is -2.14. The van der Waals surface area contributed by atoms with Crippen LogP contribution in [0.15, 0.2) is 18.2 Å². The van der Waals surface area contributed by atoms with Crippen LogP contribution >= 0.6 is 0 Å². The number of nitrogen functional groups attached to an aromatic ring is 1. The number of ether oxygens (including phenoxy) is 2. The van der Waals surface area contributed by atoms with Crippen LogP contribution in [0.3, 0.4) is 0 Å². The Bertz CT molecular complexity index is 356. The van der Waals surface area contributed by atoms with Crippen molar-refractivity contribution in [3.8, 4) is 5.75 Å². The molecule has 0 aliphatic rings. The van der Waals surface area contributed by atoms with Gasteiger partial charge < -0.3 is 25.6 Å². The lowest BCUT2D eigenvalue weighted by molar-refractivity contribution is 0.0992. The summed E-state index contributed by atoms with van der Waals surface area (Å²) >= 11 is 0. The zero-order valence-corrected chi connectivity index (χ0v) is 11.0. The van der Waals surface area contributed by atoms with E-state index in [1.807, 2.05) is 32.0 Å². The van der Waals surface area contributed by atoms with E-state index in [9.17, 15) is 0 Å². The van der Waals surface area contributed by atoms with Crippen molar-refractivity contribution >= 4 is 11.4 Å². The van der Waals surface area contributed by atoms with E-state index in [0.29, 0.717) is 31.2 Å². The molecule has 0 amide bonds. The summed E-state index contributed by atoms with van der Waals surface area (Å²) in [5.41, 5.74) is 7.39. The average Bonchev–Trinajstić information content (AvgIpc) is 2.32. The second-order valence-corrected chi connectivity index (χ2v) is 4.18. The molecule has 1 rings (SSSR count). The first-order chi connectivity index (χ1) is 8.63. The van der Waals surface area contributed by atoms with Gasteiger partial charge in [-0.2, -0.15) is 0 Å². The minimum Gasteiger partial charge on any atom is -0.489 e. The fraction of sp³-hybridized carbons (Fsp3) is 0.538. The topological polar surface area (TPSA) is 76.7 Å². The van der Waals surface area contributed by atoms with Crippen LogP contribution in [0.2, 0.25) is 0 Å². The highest BCUT2D eigenvalue weighted by Gasteiger charge is 2.04. The summed E-state index contributed by atoms with van der Waals surface area (Å²) < 4.78 is 10.8. The van der Waals surface area contributed by atoms with Gasteiger partial charge in [0.25, 0.3) is 0 Å². The highest BCUT2D eigenvalue weighted by atomic mass is 16.5. The number of nitrogens with two attached hydrogens (primary N) is 1. The zero-order chi connectivity index (χ0) is 13.4. The molecule has 0 unspecified atom stereocenters. The number of aliphatic hydroxyl groups excluding tert-OH is 1. The molecule has 0 aliphatic heterocycles. The minimum absolute atomic E-state index is 0.0498. The number of nitrogens with one attached hydrogen (secondary N) is 1. The number of rotatable bonds is 8. The Morgan fingerprint density at radius 2 is 2.11 bits per heavy atom. The highest BCUT2D eigenvalue weighted by Crippen LogP contribution is 2.26. The van der Waals surface area contributed by atoms with Gasteiger partial charge in [0.1, 0.15) is 5.75 Å². The Labute approximate surface area is 108 Å². The van der Waals surface area contributed by atoms with Crippen molar-refractivity contribution in [3.05, 3.63) is 18.2 Å². The second-order valence-electron chi connectivity index (χ2n) is 4.18. The van der Waals surface area contributed by atoms with Crippen molar-refractivity contribution in [2.24, 2.45) is 0 Å². The molecule has 5 heteroatoms. The maximum atomic E-state index is 8.56. The molecule has 0 heterocycles. The largest absolute Gasteiger partial charge is 0.489 e. The van der Waals surface area contributed by atoms with Gasteiger partial charge in [0.15, 0.2) is 0 Å². The van der Waals surface area contributed by atoms with Crippen LogP contribution in [0.25, 0.3) is 0 Å². The first kappa shape index (κ1) is 14.6. The molecule has 0 atom stereocenters. The molecule has 1 aromatic rings. The van der Waals surface area contributed by atoms with Crippen molar-refractivity contribution < 1.29 is 14.6 Å². The smallest absolute Gasteiger partial charge is 0.144 e. The van der Waals surface area contributed by atoms with Crippen LogP contribution in [0.5, 0.6) is 5.75 Å². The number of hydrogen-bond donors (Lipinski definition) is 3. The Morgan fingerprint density at radius 3 is 2.78 bits per heavy atom. The van der Waals surface area contributed by atoms with Gasteiger partial charge in [-0.15, -0.1) is 0 Å². The third-order valence-corrected chi connectivity index (χ3v) is 2.19. The molecule has 0 fully saturated rings. The molecule has 102 valence electrons. The molecule has 18 heavy (non-hydrogen) atoms. The van der Waals surface area contributed by atoms with Crippen LogP contribution in [-0.4, -0.2) is 37.6 Å². The molecule has 0 aromatic heterocycles. The van der Waals surface area contributed by atoms with Crippen molar-refractivity contribution in [2.75, 3.05) is 37.4 Å². The van der Waals surface area contributed by atoms with Crippen molar-refractivity contribution in [1.82, 2.24) is 0 Å². The molecule has 4 N–H and O–H groups in total. The van der Waals surface area contributed by atoms with Gasteiger partial charge in [0, 0.05) is 18.3 Å². The number of benzene rings is 1. The Balaban J connectivity index is 2.46. The third-order valence-electron chi connectivity index (χ3n) is 2.19. The summed E-state index contributed by atoms with van der Waals surface area (Å²) in [5.74, 6) is 0.686. The predicted molar refractivity (Wildman–Crippen MR) is 73.0 cm³/mol. The molecule has 0 radical (unpaired) electrons. The average molecular weight is 254 g/mol. The number of aliphatic hydroxyl groups is 1. The summed E-state index contributed by atoms with van der Waals surface area (Å²) in [5, 5.41) is 11.8. The Kier molecular flexibility index (Phi) is 6.32. The molecule has 5 nitrogen and oxygen atoms in total. The maximum absolute atomic E-state index is 8.56. The second kappa shape index (κ2) is 7.79. The van der Waals surface area contributed by atoms with Gasteiger partial charge in [-0.3, -0.25) is 0 Å². The molecular weight excluding hydrogens is 232 g/mol. The van der Waals surface area contributed by atoms with Crippen LogP contribution in [-0.2, 0) is 4.74 Å². The van der Waals surface area contributed by atoms with Crippen LogP contribution in [0.1, 0.15) is 13.8 Å². The molecule has 0 aliphatic carbocycles. The van der Waals surface area contributed by atoms with Crippen LogP contribution in [0, 0.1) is 0 Å². The molecular formula is C13H22N2O3. The van der Waals surface area contributed by atoms with E-state index in [-0.39, 0.29) is 12.7 Å². The summed E-state index contributed by atoms with van der Waals surface area (Å²) in [4.78, 5) is 0. The van der Waals surface area contributed by atoms with E-state index in [1.54, 1.807) is 0 Å². The zero-order valence-electron chi connectivity index (χ0n) is 11.0. The standard InChI is InChI=1S/C13H22N2O3/c1-10(2)18-13-9-11(3-4-12(13)14)15-5-7-17-8-6-16/h3-4,9-10,15-16H,5-8,14H2,1-2H3. The van der Waals surface area contributed by atoms with Gasteiger partial charge in [-0.1, -0.05) is 0 Å². The van der Waals surface area contributed by atoms with Gasteiger partial charge in [0.2, 0.25) is 0 Å². The lowest BCUT2D eigenvalue weighted by atomic mass is 10.2. The third kappa shape index (κ3) is 5.25. The quantitative estimate of drug-likeness (QED) is 0.484. The summed E-state index contributed by atoms with van der Waals surface area (Å²) in [7, 11) is 0. The van der Waals surface area contributed by atoms with Crippen molar-refractivity contribution in [1.29, 1.82) is 0 Å². The summed E-state index contributed by atoms with van der Waals surface area (Å²) in [6.45, 7) is 5.56. The minimum atomic E-state index is 0.0498. The SMILES string of the molecule is CC(C)Oc1cc(NCCOCCO)ccc1N. The van der Waals surface area contributed by atoms with E-state index in [0.717, 1.165) is 5.69 Å². The molecule has 0 saturated heterocycles. The number of hydrogen-bond acceptors (Lipinski definition) is 5. The van der Waals surface area contributed by atoms with E-state index in [1.165, 1.54) is 0 Å². The molecule has 0 bridgehead atoms. The van der Waals surface area contributed by atoms with Gasteiger partial charge in [-0.25, -0.2) is 0 Å². The monoisotopic (exact) mass is 254 g/mol. The van der Waals surface area contributed by atoms with E-state index >= 15 is 0 Å². The van der Waals surface area contributed by atoms with Crippen molar-refractivity contribution in [3.63, 3.8) is 0 Å². The Hall–Kier alpha value is -1.46. The normalized spacial score (nSPS) is 10.7. The summed E-state index contributed by atoms with van der Waals surface area (Å²) in [6.07, 6.45) is 0.0930. The summed E-state index contributed by atoms with van der Waals surface area (Å²) in [6, 6.07) is 5.59. The van der Waals surface area contributed by atoms with Crippen molar-refractivity contribution in [2.45, 2.75) is 20.0 Å².